The molecule has 0 aromatic heterocycles. The molecule has 0 atom stereocenters. The normalized spacial score (nSPS) is 15.7. The second kappa shape index (κ2) is 16.2. The minimum atomic E-state index is -0.236. The average Bonchev–Trinajstić information content (AvgIpc) is 3.35. The summed E-state index contributed by atoms with van der Waals surface area (Å²) in [7, 11) is 0. The van der Waals surface area contributed by atoms with E-state index in [1.165, 1.54) is 106 Å². The highest BCUT2D eigenvalue weighted by Crippen LogP contribution is 2.52. The number of rotatable bonds is 7. The van der Waals surface area contributed by atoms with Gasteiger partial charge in [-0.15, -0.1) is 0 Å². The van der Waals surface area contributed by atoms with Crippen LogP contribution in [0.3, 0.4) is 0 Å². The average molecular weight is 913 g/mol. The van der Waals surface area contributed by atoms with E-state index in [0.717, 1.165) is 12.8 Å². The Morgan fingerprint density at radius 3 is 1.53 bits per heavy atom. The Kier molecular flexibility index (Phi) is 10.6. The van der Waals surface area contributed by atoms with Gasteiger partial charge in [-0.05, 0) is 151 Å². The third kappa shape index (κ3) is 7.37. The summed E-state index contributed by atoms with van der Waals surface area (Å²) in [4.78, 5) is 5.30. The molecule has 11 rings (SSSR count). The third-order valence-corrected chi connectivity index (χ3v) is 16.9. The van der Waals surface area contributed by atoms with Crippen LogP contribution in [0, 0.1) is 6.92 Å². The highest BCUT2D eigenvalue weighted by atomic mass is 15.2. The van der Waals surface area contributed by atoms with Crippen LogP contribution in [0.4, 0.5) is 34.1 Å². The monoisotopic (exact) mass is 913 g/mol. The van der Waals surface area contributed by atoms with E-state index in [4.69, 9.17) is 0 Å². The standard InChI is InChI=1S/C67H69BN2/c1-44-37-60-62-61(38-44)70(57-34-32-48(63(2,3)4)40-52(57)45-23-16-13-17-24-45)59-43-54-53(64(5,6)35-36-65(54,7)8)42-56(59)68(62)55-33-31-50(67(11,12)47-27-20-15-21-28-47)41-58(55)69(60)51-30-22-29-49(39-51)66(9,10)46-25-18-14-19-26-46/h13-34,37-43H,35-36H2,1-12H3. The van der Waals surface area contributed by atoms with Gasteiger partial charge in [0.2, 0.25) is 0 Å². The molecular weight excluding hydrogens is 844 g/mol. The largest absolute Gasteiger partial charge is 0.311 e. The summed E-state index contributed by atoms with van der Waals surface area (Å²) >= 11 is 0. The topological polar surface area (TPSA) is 6.48 Å². The number of anilines is 6. The minimum absolute atomic E-state index is 0.00101. The van der Waals surface area contributed by atoms with Gasteiger partial charge in [0.15, 0.2) is 0 Å². The van der Waals surface area contributed by atoms with Gasteiger partial charge in [-0.1, -0.05) is 204 Å². The van der Waals surface area contributed by atoms with Crippen LogP contribution in [0.15, 0.2) is 176 Å². The van der Waals surface area contributed by atoms with Crippen molar-refractivity contribution in [3.8, 4) is 11.1 Å². The zero-order valence-electron chi connectivity index (χ0n) is 43.6. The predicted octanol–water partition coefficient (Wildman–Crippen LogP) is 16.0. The molecule has 8 aromatic rings. The first kappa shape index (κ1) is 45.8. The first-order valence-corrected chi connectivity index (χ1v) is 25.8. The number of fused-ring (bicyclic) bond motifs is 5. The number of nitrogens with zero attached hydrogens (tertiary/aromatic N) is 2. The second-order valence-corrected chi connectivity index (χ2v) is 24.2. The molecule has 0 spiro atoms. The zero-order valence-corrected chi connectivity index (χ0v) is 43.6. The van der Waals surface area contributed by atoms with Crippen molar-refractivity contribution in [2.24, 2.45) is 0 Å². The zero-order chi connectivity index (χ0) is 49.1. The van der Waals surface area contributed by atoms with Crippen LogP contribution < -0.4 is 26.2 Å². The van der Waals surface area contributed by atoms with Crippen molar-refractivity contribution in [3.05, 3.63) is 220 Å². The van der Waals surface area contributed by atoms with E-state index in [0.29, 0.717) is 0 Å². The number of aryl methyl sites for hydroxylation is 1. The lowest BCUT2D eigenvalue weighted by molar-refractivity contribution is 0.332. The fraction of sp³-hybridized carbons (Fsp3) is 0.284. The first-order chi connectivity index (χ1) is 33.3. The Morgan fingerprint density at radius 2 is 0.929 bits per heavy atom. The van der Waals surface area contributed by atoms with Crippen molar-refractivity contribution < 1.29 is 0 Å². The molecule has 0 fully saturated rings. The Hall–Kier alpha value is -6.58. The molecule has 2 heterocycles. The maximum atomic E-state index is 2.68. The van der Waals surface area contributed by atoms with E-state index in [1.807, 2.05) is 0 Å². The molecular formula is C67H69BN2. The van der Waals surface area contributed by atoms with Crippen molar-refractivity contribution in [1.29, 1.82) is 0 Å². The molecule has 3 heteroatoms. The summed E-state index contributed by atoms with van der Waals surface area (Å²) in [6, 6.07) is 67.6. The summed E-state index contributed by atoms with van der Waals surface area (Å²) in [6.45, 7) is 28.7. The van der Waals surface area contributed by atoms with Gasteiger partial charge in [-0.25, -0.2) is 0 Å². The molecule has 0 radical (unpaired) electrons. The summed E-state index contributed by atoms with van der Waals surface area (Å²) < 4.78 is 0. The lowest BCUT2D eigenvalue weighted by Crippen LogP contribution is -2.62. The van der Waals surface area contributed by atoms with E-state index in [2.05, 4.69) is 269 Å². The quantitative estimate of drug-likeness (QED) is 0.147. The van der Waals surface area contributed by atoms with Crippen molar-refractivity contribution in [1.82, 2.24) is 0 Å². The van der Waals surface area contributed by atoms with Gasteiger partial charge in [0, 0.05) is 44.8 Å². The molecule has 3 aliphatic rings. The van der Waals surface area contributed by atoms with Crippen LogP contribution in [-0.4, -0.2) is 6.71 Å². The number of benzene rings is 8. The number of hydrogen-bond donors (Lipinski definition) is 0. The lowest BCUT2D eigenvalue weighted by atomic mass is 9.33. The smallest absolute Gasteiger partial charge is 0.252 e. The van der Waals surface area contributed by atoms with Gasteiger partial charge in [-0.2, -0.15) is 0 Å². The van der Waals surface area contributed by atoms with Crippen molar-refractivity contribution in [3.63, 3.8) is 0 Å². The Balaban J connectivity index is 1.25. The Labute approximate surface area is 419 Å². The molecule has 0 saturated carbocycles. The minimum Gasteiger partial charge on any atom is -0.311 e. The third-order valence-electron chi connectivity index (χ3n) is 16.9. The molecule has 2 aliphatic heterocycles. The van der Waals surface area contributed by atoms with Gasteiger partial charge in [-0.3, -0.25) is 0 Å². The highest BCUT2D eigenvalue weighted by Gasteiger charge is 2.47. The molecule has 2 nitrogen and oxygen atoms in total. The van der Waals surface area contributed by atoms with Gasteiger partial charge < -0.3 is 9.80 Å². The molecule has 0 saturated heterocycles. The van der Waals surface area contributed by atoms with Gasteiger partial charge >= 0.3 is 0 Å². The molecule has 1 aliphatic carbocycles. The molecule has 0 unspecified atom stereocenters. The summed E-state index contributed by atoms with van der Waals surface area (Å²) in [6.07, 6.45) is 2.31. The van der Waals surface area contributed by atoms with Crippen LogP contribution in [0.25, 0.3) is 11.1 Å². The summed E-state index contributed by atoms with van der Waals surface area (Å²) in [5.41, 5.74) is 24.3. The van der Waals surface area contributed by atoms with E-state index < -0.39 is 0 Å². The van der Waals surface area contributed by atoms with E-state index >= 15 is 0 Å². The van der Waals surface area contributed by atoms with E-state index in [9.17, 15) is 0 Å². The maximum absolute atomic E-state index is 2.68. The van der Waals surface area contributed by atoms with Crippen LogP contribution in [0.1, 0.15) is 134 Å². The summed E-state index contributed by atoms with van der Waals surface area (Å²) in [5, 5.41) is 0. The van der Waals surface area contributed by atoms with Crippen molar-refractivity contribution >= 4 is 57.2 Å². The van der Waals surface area contributed by atoms with E-state index in [1.54, 1.807) is 0 Å². The van der Waals surface area contributed by atoms with Crippen LogP contribution in [-0.2, 0) is 27.1 Å². The Bertz CT molecular complexity index is 3320. The summed E-state index contributed by atoms with van der Waals surface area (Å²) in [5.74, 6) is 0. The second-order valence-electron chi connectivity index (χ2n) is 24.2. The predicted molar refractivity (Wildman–Crippen MR) is 302 cm³/mol. The van der Waals surface area contributed by atoms with Gasteiger partial charge in [0.25, 0.3) is 6.71 Å². The molecule has 350 valence electrons. The van der Waals surface area contributed by atoms with Crippen molar-refractivity contribution in [2.45, 2.75) is 123 Å². The van der Waals surface area contributed by atoms with Crippen LogP contribution in [0.5, 0.6) is 0 Å². The molecule has 70 heavy (non-hydrogen) atoms. The highest BCUT2D eigenvalue weighted by molar-refractivity contribution is 7.00. The van der Waals surface area contributed by atoms with Gasteiger partial charge in [0.05, 0.1) is 5.69 Å². The molecule has 0 N–H and O–H groups in total. The molecule has 0 amide bonds. The van der Waals surface area contributed by atoms with E-state index in [-0.39, 0.29) is 33.8 Å². The fourth-order valence-electron chi connectivity index (χ4n) is 12.2. The SMILES string of the molecule is Cc1cc2c3c(c1)N(c1ccc(C(C)(C)C)cc1-c1ccccc1)c1cc4c(cc1B3c1ccc(C(C)(C)c3ccccc3)cc1N2c1cccc(C(C)(C)c2ccccc2)c1)C(C)(C)CCC4(C)C. The Morgan fingerprint density at radius 1 is 0.414 bits per heavy atom. The fourth-order valence-corrected chi connectivity index (χ4v) is 12.2. The first-order valence-electron chi connectivity index (χ1n) is 25.8. The van der Waals surface area contributed by atoms with Crippen molar-refractivity contribution in [2.75, 3.05) is 9.80 Å². The van der Waals surface area contributed by atoms with Crippen LogP contribution in [0.2, 0.25) is 0 Å². The maximum Gasteiger partial charge on any atom is 0.252 e. The molecule has 8 aromatic carbocycles. The van der Waals surface area contributed by atoms with Gasteiger partial charge in [0.1, 0.15) is 0 Å². The molecule has 0 bridgehead atoms. The number of hydrogen-bond acceptors (Lipinski definition) is 2. The lowest BCUT2D eigenvalue weighted by Gasteiger charge is -2.48. The van der Waals surface area contributed by atoms with Crippen LogP contribution >= 0.6 is 0 Å².